The Bertz CT molecular complexity index is 1400. The van der Waals surface area contributed by atoms with Gasteiger partial charge in [-0.3, -0.25) is 4.79 Å². The fourth-order valence-electron chi connectivity index (χ4n) is 4.01. The van der Waals surface area contributed by atoms with Crippen LogP contribution < -0.4 is 4.74 Å². The quantitative estimate of drug-likeness (QED) is 0.499. The minimum Gasteiger partial charge on any atom is -0.502 e. The summed E-state index contributed by atoms with van der Waals surface area (Å²) in [6.07, 6.45) is 0. The number of aliphatic hydroxyl groups is 1. The molecule has 0 unspecified atom stereocenters. The molecule has 3 aromatic rings. The second-order valence-corrected chi connectivity index (χ2v) is 9.75. The van der Waals surface area contributed by atoms with E-state index >= 15 is 0 Å². The molecule has 0 aromatic heterocycles. The molecule has 35 heavy (non-hydrogen) atoms. The van der Waals surface area contributed by atoms with Gasteiger partial charge in [0.2, 0.25) is 9.84 Å². The van der Waals surface area contributed by atoms with Gasteiger partial charge in [0.1, 0.15) is 10.7 Å². The number of aliphatic hydroxyl groups excluding tert-OH is 1. The minimum atomic E-state index is -4.24. The standard InChI is InChI=1S/C26H23NO7S/c1-33-20-8-6-7-17(15-20)16-27-22(18-11-13-19(14-12-18)26(30)34-2)24(23(28)25(27)29)35(31,32)21-9-4-3-5-10-21/h3-15,22,28H,16H2,1-2H3/t22-/m1/s1. The van der Waals surface area contributed by atoms with E-state index in [9.17, 15) is 23.1 Å². The zero-order chi connectivity index (χ0) is 25.2. The number of carbonyl (C=O) groups is 2. The highest BCUT2D eigenvalue weighted by atomic mass is 32.2. The molecule has 0 bridgehead atoms. The van der Waals surface area contributed by atoms with Crippen molar-refractivity contribution >= 4 is 21.7 Å². The summed E-state index contributed by atoms with van der Waals surface area (Å²) in [5.74, 6) is -1.63. The number of methoxy groups -OCH3 is 2. The SMILES string of the molecule is COC(=O)c1ccc([C@@H]2C(S(=O)(=O)c3ccccc3)=C(O)C(=O)N2Cc2cccc(OC)c2)cc1. The van der Waals surface area contributed by atoms with Gasteiger partial charge in [-0.1, -0.05) is 42.5 Å². The maximum atomic E-state index is 13.6. The summed E-state index contributed by atoms with van der Waals surface area (Å²) >= 11 is 0. The van der Waals surface area contributed by atoms with Crippen LogP contribution in [0.5, 0.6) is 5.75 Å². The Balaban J connectivity index is 1.84. The molecule has 0 saturated heterocycles. The van der Waals surface area contributed by atoms with Gasteiger partial charge in [0.25, 0.3) is 5.91 Å². The first-order chi connectivity index (χ1) is 16.8. The number of sulfone groups is 1. The van der Waals surface area contributed by atoms with E-state index < -0.39 is 38.4 Å². The van der Waals surface area contributed by atoms with Crippen molar-refractivity contribution in [3.05, 3.63) is 106 Å². The monoisotopic (exact) mass is 493 g/mol. The van der Waals surface area contributed by atoms with Crippen molar-refractivity contribution in [1.29, 1.82) is 0 Å². The van der Waals surface area contributed by atoms with Crippen LogP contribution in [0.1, 0.15) is 27.5 Å². The highest BCUT2D eigenvalue weighted by Crippen LogP contribution is 2.43. The lowest BCUT2D eigenvalue weighted by molar-refractivity contribution is -0.130. The summed E-state index contributed by atoms with van der Waals surface area (Å²) in [6, 6.07) is 19.5. The average molecular weight is 494 g/mol. The molecular formula is C26H23NO7S. The lowest BCUT2D eigenvalue weighted by Gasteiger charge is -2.27. The number of rotatable bonds is 7. The Morgan fingerprint density at radius 1 is 0.971 bits per heavy atom. The van der Waals surface area contributed by atoms with Crippen molar-refractivity contribution in [2.75, 3.05) is 14.2 Å². The van der Waals surface area contributed by atoms with Gasteiger partial charge < -0.3 is 19.5 Å². The highest BCUT2D eigenvalue weighted by molar-refractivity contribution is 7.95. The Hall–Kier alpha value is -4.11. The lowest BCUT2D eigenvalue weighted by Crippen LogP contribution is -2.30. The van der Waals surface area contributed by atoms with E-state index in [2.05, 4.69) is 0 Å². The van der Waals surface area contributed by atoms with Crippen LogP contribution in [0.4, 0.5) is 0 Å². The number of esters is 1. The van der Waals surface area contributed by atoms with E-state index in [1.165, 1.54) is 43.4 Å². The number of nitrogens with zero attached hydrogens (tertiary/aromatic N) is 1. The maximum absolute atomic E-state index is 13.6. The van der Waals surface area contributed by atoms with Crippen LogP contribution in [0, 0.1) is 0 Å². The number of ether oxygens (including phenoxy) is 2. The van der Waals surface area contributed by atoms with Gasteiger partial charge in [0.15, 0.2) is 5.76 Å². The van der Waals surface area contributed by atoms with Crippen LogP contribution in [-0.4, -0.2) is 44.5 Å². The van der Waals surface area contributed by atoms with E-state index in [0.717, 1.165) is 0 Å². The Labute approximate surface area is 202 Å². The van der Waals surface area contributed by atoms with Crippen molar-refractivity contribution in [1.82, 2.24) is 4.90 Å². The number of hydrogen-bond donors (Lipinski definition) is 1. The molecule has 1 heterocycles. The predicted octanol–water partition coefficient (Wildman–Crippen LogP) is 3.81. The molecule has 0 saturated carbocycles. The van der Waals surface area contributed by atoms with Gasteiger partial charge in [-0.2, -0.15) is 0 Å². The van der Waals surface area contributed by atoms with Crippen molar-refractivity contribution in [3.63, 3.8) is 0 Å². The van der Waals surface area contributed by atoms with E-state index in [0.29, 0.717) is 16.9 Å². The summed E-state index contributed by atoms with van der Waals surface area (Å²) in [7, 11) is -1.46. The summed E-state index contributed by atoms with van der Waals surface area (Å²) in [5.41, 5.74) is 1.35. The first-order valence-electron chi connectivity index (χ1n) is 10.6. The molecule has 3 aromatic carbocycles. The first kappa shape index (κ1) is 24.0. The van der Waals surface area contributed by atoms with Crippen molar-refractivity contribution < 1.29 is 32.6 Å². The lowest BCUT2D eigenvalue weighted by atomic mass is 10.0. The van der Waals surface area contributed by atoms with E-state index in [1.54, 1.807) is 54.6 Å². The third kappa shape index (κ3) is 4.50. The first-order valence-corrected chi connectivity index (χ1v) is 12.1. The molecule has 1 amide bonds. The van der Waals surface area contributed by atoms with E-state index in [4.69, 9.17) is 9.47 Å². The Morgan fingerprint density at radius 2 is 1.66 bits per heavy atom. The van der Waals surface area contributed by atoms with Crippen LogP contribution in [0.3, 0.4) is 0 Å². The van der Waals surface area contributed by atoms with E-state index in [1.807, 2.05) is 0 Å². The number of amides is 1. The molecule has 1 aliphatic heterocycles. The third-order valence-electron chi connectivity index (χ3n) is 5.73. The van der Waals surface area contributed by atoms with Crippen molar-refractivity contribution in [2.24, 2.45) is 0 Å². The summed E-state index contributed by atoms with van der Waals surface area (Å²) in [4.78, 5) is 25.9. The highest BCUT2D eigenvalue weighted by Gasteiger charge is 2.46. The van der Waals surface area contributed by atoms with E-state index in [-0.39, 0.29) is 17.0 Å². The minimum absolute atomic E-state index is 0.0112. The van der Waals surface area contributed by atoms with Crippen LogP contribution in [-0.2, 0) is 25.9 Å². The fraction of sp³-hybridized carbons (Fsp3) is 0.154. The van der Waals surface area contributed by atoms with Gasteiger partial charge in [0, 0.05) is 6.54 Å². The number of hydrogen-bond acceptors (Lipinski definition) is 7. The zero-order valence-electron chi connectivity index (χ0n) is 19.0. The molecule has 1 N–H and O–H groups in total. The van der Waals surface area contributed by atoms with Crippen LogP contribution in [0.2, 0.25) is 0 Å². The normalized spacial score (nSPS) is 15.9. The van der Waals surface area contributed by atoms with Crippen LogP contribution in [0.15, 0.2) is 94.4 Å². The predicted molar refractivity (Wildman–Crippen MR) is 127 cm³/mol. The maximum Gasteiger partial charge on any atom is 0.337 e. The fourth-order valence-corrected chi connectivity index (χ4v) is 5.68. The number of carbonyl (C=O) groups excluding carboxylic acids is 2. The summed E-state index contributed by atoms with van der Waals surface area (Å²) < 4.78 is 37.2. The smallest absolute Gasteiger partial charge is 0.337 e. The Kier molecular flexibility index (Phi) is 6.61. The molecule has 8 nitrogen and oxygen atoms in total. The zero-order valence-corrected chi connectivity index (χ0v) is 19.9. The van der Waals surface area contributed by atoms with Gasteiger partial charge in [0.05, 0.1) is 30.7 Å². The third-order valence-corrected chi connectivity index (χ3v) is 7.62. The van der Waals surface area contributed by atoms with Gasteiger partial charge in [-0.25, -0.2) is 13.2 Å². The molecule has 1 atom stereocenters. The topological polar surface area (TPSA) is 110 Å². The van der Waals surface area contributed by atoms with Gasteiger partial charge in [-0.05, 0) is 47.5 Å². The molecular weight excluding hydrogens is 470 g/mol. The van der Waals surface area contributed by atoms with Crippen molar-refractivity contribution in [2.45, 2.75) is 17.5 Å². The van der Waals surface area contributed by atoms with Gasteiger partial charge >= 0.3 is 5.97 Å². The molecule has 0 fully saturated rings. The van der Waals surface area contributed by atoms with Crippen molar-refractivity contribution in [3.8, 4) is 5.75 Å². The molecule has 180 valence electrons. The molecule has 0 radical (unpaired) electrons. The Morgan fingerprint density at radius 3 is 2.29 bits per heavy atom. The molecule has 0 aliphatic carbocycles. The van der Waals surface area contributed by atoms with Crippen LogP contribution in [0.25, 0.3) is 0 Å². The number of benzene rings is 3. The molecule has 9 heteroatoms. The average Bonchev–Trinajstić information content (AvgIpc) is 3.14. The summed E-state index contributed by atoms with van der Waals surface area (Å²) in [5, 5.41) is 10.8. The molecule has 1 aliphatic rings. The second-order valence-electron chi connectivity index (χ2n) is 7.83. The largest absolute Gasteiger partial charge is 0.502 e. The molecule has 0 spiro atoms. The second kappa shape index (κ2) is 9.63. The van der Waals surface area contributed by atoms with Crippen LogP contribution >= 0.6 is 0 Å². The van der Waals surface area contributed by atoms with Gasteiger partial charge in [-0.15, -0.1) is 0 Å². The summed E-state index contributed by atoms with van der Waals surface area (Å²) in [6.45, 7) is 0.0112. The molecule has 4 rings (SSSR count).